The molecule has 4 nitrogen and oxygen atoms in total. The lowest BCUT2D eigenvalue weighted by molar-refractivity contribution is -0.127. The molecule has 1 heterocycles. The van der Waals surface area contributed by atoms with Crippen molar-refractivity contribution in [2.45, 2.75) is 26.2 Å². The Balaban J connectivity index is 1.92. The second kappa shape index (κ2) is 5.54. The lowest BCUT2D eigenvalue weighted by Gasteiger charge is -2.32. The van der Waals surface area contributed by atoms with E-state index in [1.165, 1.54) is 0 Å². The molecule has 0 N–H and O–H groups in total. The quantitative estimate of drug-likeness (QED) is 0.795. The molecule has 0 unspecified atom stereocenters. The maximum absolute atomic E-state index is 12.2. The largest absolute Gasteiger partial charge is 0.488 e. The van der Waals surface area contributed by atoms with Crippen molar-refractivity contribution >= 4 is 17.6 Å². The first kappa shape index (κ1) is 14.7. The molecule has 0 spiro atoms. The number of ether oxygens (including phenoxy) is 3. The molecular formula is C17H15ClO4. The Hall–Kier alpha value is -2.20. The second-order valence-electron chi connectivity index (χ2n) is 5.44. The molecule has 22 heavy (non-hydrogen) atoms. The van der Waals surface area contributed by atoms with E-state index in [2.05, 4.69) is 0 Å². The van der Waals surface area contributed by atoms with Crippen molar-refractivity contribution in [3.05, 3.63) is 58.6 Å². The minimum absolute atomic E-state index is 0.264. The molecule has 2 aromatic carbocycles. The number of cyclic esters (lactones) is 1. The molecule has 0 aromatic heterocycles. The first-order valence-corrected chi connectivity index (χ1v) is 7.25. The smallest absolute Gasteiger partial charge is 0.349 e. The van der Waals surface area contributed by atoms with Crippen LogP contribution < -0.4 is 9.47 Å². The monoisotopic (exact) mass is 318 g/mol. The van der Waals surface area contributed by atoms with Crippen LogP contribution in [0.25, 0.3) is 0 Å². The van der Waals surface area contributed by atoms with Crippen LogP contribution in [0, 0.1) is 0 Å². The number of fused-ring (bicyclic) bond motifs is 1. The molecule has 0 bridgehead atoms. The average molecular weight is 319 g/mol. The van der Waals surface area contributed by atoms with Gasteiger partial charge in [0.25, 0.3) is 0 Å². The van der Waals surface area contributed by atoms with Crippen LogP contribution in [-0.2, 0) is 11.3 Å². The number of hydrogen-bond acceptors (Lipinski definition) is 4. The summed E-state index contributed by atoms with van der Waals surface area (Å²) < 4.78 is 16.6. The Bertz CT molecular complexity index is 710. The fourth-order valence-electron chi connectivity index (χ4n) is 2.25. The molecule has 0 amide bonds. The zero-order valence-electron chi connectivity index (χ0n) is 12.3. The Morgan fingerprint density at radius 3 is 2.59 bits per heavy atom. The Kier molecular flexibility index (Phi) is 3.71. The number of hydrogen-bond donors (Lipinski definition) is 0. The zero-order valence-corrected chi connectivity index (χ0v) is 13.0. The molecule has 3 rings (SSSR count). The first-order chi connectivity index (χ1) is 10.4. The van der Waals surface area contributed by atoms with Crippen molar-refractivity contribution in [3.8, 4) is 11.5 Å². The van der Waals surface area contributed by atoms with E-state index in [0.29, 0.717) is 23.1 Å². The van der Waals surface area contributed by atoms with Gasteiger partial charge < -0.3 is 14.2 Å². The maximum Gasteiger partial charge on any atom is 0.349 e. The van der Waals surface area contributed by atoms with Gasteiger partial charge >= 0.3 is 5.97 Å². The predicted octanol–water partition coefficient (Wildman–Crippen LogP) is 4.20. The van der Waals surface area contributed by atoms with Gasteiger partial charge in [-0.1, -0.05) is 41.9 Å². The highest BCUT2D eigenvalue weighted by Crippen LogP contribution is 2.39. The Morgan fingerprint density at radius 1 is 1.14 bits per heavy atom. The minimum Gasteiger partial charge on any atom is -0.488 e. The SMILES string of the molecule is CC1(C)OC(=O)c2c(OCc3ccccc3)cc(Cl)cc2O1. The molecule has 1 aliphatic heterocycles. The number of halogens is 1. The van der Waals surface area contributed by atoms with Gasteiger partial charge in [-0.3, -0.25) is 0 Å². The van der Waals surface area contributed by atoms with E-state index >= 15 is 0 Å². The standard InChI is InChI=1S/C17H15ClO4/c1-17(2)21-14-9-12(18)8-13(15(14)16(19)22-17)20-10-11-6-4-3-5-7-11/h3-9H,10H2,1-2H3. The van der Waals surface area contributed by atoms with Gasteiger partial charge in [-0.25, -0.2) is 4.79 Å². The summed E-state index contributed by atoms with van der Waals surface area (Å²) in [5.74, 6) is -0.777. The third-order valence-corrected chi connectivity index (χ3v) is 3.38. The zero-order chi connectivity index (χ0) is 15.7. The van der Waals surface area contributed by atoms with E-state index in [9.17, 15) is 4.79 Å². The third kappa shape index (κ3) is 3.02. The minimum atomic E-state index is -1.02. The van der Waals surface area contributed by atoms with Crippen molar-refractivity contribution in [1.29, 1.82) is 0 Å². The van der Waals surface area contributed by atoms with Crippen molar-refractivity contribution in [1.82, 2.24) is 0 Å². The highest BCUT2D eigenvalue weighted by molar-refractivity contribution is 6.31. The molecule has 2 aromatic rings. The number of rotatable bonds is 3. The molecule has 0 aliphatic carbocycles. The van der Waals surface area contributed by atoms with Gasteiger partial charge in [0.2, 0.25) is 5.79 Å². The predicted molar refractivity (Wildman–Crippen MR) is 82.3 cm³/mol. The van der Waals surface area contributed by atoms with Gasteiger partial charge in [0.1, 0.15) is 23.7 Å². The van der Waals surface area contributed by atoms with Crippen LogP contribution in [0.5, 0.6) is 11.5 Å². The highest BCUT2D eigenvalue weighted by Gasteiger charge is 2.36. The van der Waals surface area contributed by atoms with Gasteiger partial charge in [-0.05, 0) is 11.6 Å². The van der Waals surface area contributed by atoms with E-state index in [-0.39, 0.29) is 5.56 Å². The fourth-order valence-corrected chi connectivity index (χ4v) is 2.45. The van der Waals surface area contributed by atoms with Crippen molar-refractivity contribution in [3.63, 3.8) is 0 Å². The van der Waals surface area contributed by atoms with Crippen molar-refractivity contribution < 1.29 is 19.0 Å². The summed E-state index contributed by atoms with van der Waals surface area (Å²) in [7, 11) is 0. The van der Waals surface area contributed by atoms with Crippen LogP contribution in [0.3, 0.4) is 0 Å². The van der Waals surface area contributed by atoms with Gasteiger partial charge in [0.15, 0.2) is 0 Å². The lowest BCUT2D eigenvalue weighted by atomic mass is 10.1. The number of carbonyl (C=O) groups is 1. The molecule has 0 atom stereocenters. The molecule has 1 aliphatic rings. The van der Waals surface area contributed by atoms with Gasteiger partial charge in [-0.2, -0.15) is 0 Å². The van der Waals surface area contributed by atoms with E-state index in [1.54, 1.807) is 26.0 Å². The molecule has 114 valence electrons. The Labute approximate surface area is 133 Å². The average Bonchev–Trinajstić information content (AvgIpc) is 2.43. The summed E-state index contributed by atoms with van der Waals surface area (Å²) in [6.07, 6.45) is 0. The molecule has 0 fully saturated rings. The topological polar surface area (TPSA) is 44.8 Å². The highest BCUT2D eigenvalue weighted by atomic mass is 35.5. The van der Waals surface area contributed by atoms with E-state index in [0.717, 1.165) is 5.56 Å². The fraction of sp³-hybridized carbons (Fsp3) is 0.235. The maximum atomic E-state index is 12.2. The second-order valence-corrected chi connectivity index (χ2v) is 5.88. The summed E-state index contributed by atoms with van der Waals surface area (Å²) in [5, 5.41) is 0.437. The summed E-state index contributed by atoms with van der Waals surface area (Å²) >= 11 is 6.09. The summed E-state index contributed by atoms with van der Waals surface area (Å²) in [6, 6.07) is 12.8. The van der Waals surface area contributed by atoms with Crippen LogP contribution in [0.15, 0.2) is 42.5 Å². The molecule has 5 heteroatoms. The van der Waals surface area contributed by atoms with E-state index in [4.69, 9.17) is 25.8 Å². The molecular weight excluding hydrogens is 304 g/mol. The van der Waals surface area contributed by atoms with E-state index < -0.39 is 11.8 Å². The summed E-state index contributed by atoms with van der Waals surface area (Å²) in [5.41, 5.74) is 1.25. The van der Waals surface area contributed by atoms with Gasteiger partial charge in [0, 0.05) is 24.9 Å². The van der Waals surface area contributed by atoms with Crippen LogP contribution >= 0.6 is 11.6 Å². The third-order valence-electron chi connectivity index (χ3n) is 3.17. The number of carbonyl (C=O) groups excluding carboxylic acids is 1. The van der Waals surface area contributed by atoms with Gasteiger partial charge in [0.05, 0.1) is 0 Å². The van der Waals surface area contributed by atoms with Crippen LogP contribution in [0.4, 0.5) is 0 Å². The van der Waals surface area contributed by atoms with Crippen LogP contribution in [0.1, 0.15) is 29.8 Å². The van der Waals surface area contributed by atoms with Crippen LogP contribution in [-0.4, -0.2) is 11.8 Å². The first-order valence-electron chi connectivity index (χ1n) is 6.87. The summed E-state index contributed by atoms with van der Waals surface area (Å²) in [6.45, 7) is 3.66. The number of esters is 1. The van der Waals surface area contributed by atoms with Gasteiger partial charge in [-0.15, -0.1) is 0 Å². The molecule has 0 saturated heterocycles. The van der Waals surface area contributed by atoms with Crippen LogP contribution in [0.2, 0.25) is 5.02 Å². The normalized spacial score (nSPS) is 15.5. The van der Waals surface area contributed by atoms with Crippen molar-refractivity contribution in [2.75, 3.05) is 0 Å². The molecule has 0 radical (unpaired) electrons. The summed E-state index contributed by atoms with van der Waals surface area (Å²) in [4.78, 5) is 12.2. The lowest BCUT2D eigenvalue weighted by Crippen LogP contribution is -2.39. The number of benzene rings is 2. The Morgan fingerprint density at radius 2 is 1.86 bits per heavy atom. The van der Waals surface area contributed by atoms with E-state index in [1.807, 2.05) is 30.3 Å². The van der Waals surface area contributed by atoms with Crippen molar-refractivity contribution in [2.24, 2.45) is 0 Å². The molecule has 0 saturated carbocycles.